The number of benzene rings is 1. The van der Waals surface area contributed by atoms with Crippen LogP contribution >= 0.6 is 11.6 Å². The molecule has 184 valence electrons. The number of carbonyl (C=O) groups is 5. The molecule has 1 aliphatic heterocycles. The van der Waals surface area contributed by atoms with Gasteiger partial charge in [0.2, 0.25) is 17.6 Å². The fourth-order valence-electron chi connectivity index (χ4n) is 3.79. The molecular weight excluding hydrogens is 481 g/mol. The van der Waals surface area contributed by atoms with Crippen LogP contribution in [0.3, 0.4) is 0 Å². The highest BCUT2D eigenvalue weighted by Crippen LogP contribution is 2.50. The number of carbonyl (C=O) groups excluding carboxylic acids is 5. The second-order valence-electron chi connectivity index (χ2n) is 8.15. The Kier molecular flexibility index (Phi) is 7.49. The molecule has 1 saturated carbocycles. The zero-order chi connectivity index (χ0) is 25.2. The Hall–Kier alpha value is -3.15. The van der Waals surface area contributed by atoms with Crippen molar-refractivity contribution >= 4 is 46.7 Å². The number of amides is 4. The highest BCUT2D eigenvalue weighted by atomic mass is 35.5. The molecule has 1 saturated heterocycles. The number of nitrogens with one attached hydrogen (secondary N) is 4. The topological polar surface area (TPSA) is 133 Å². The highest BCUT2D eigenvalue weighted by molar-refractivity contribution is 6.38. The number of Topliss-reactive ketones (excluding diaryl/α,β-unsaturated/α-hetero) is 1. The predicted molar refractivity (Wildman–Crippen MR) is 114 cm³/mol. The number of hydrogen-bond acceptors (Lipinski definition) is 5. The third-order valence-electron chi connectivity index (χ3n) is 5.79. The summed E-state index contributed by atoms with van der Waals surface area (Å²) in [5, 5.41) is 9.57. The van der Waals surface area contributed by atoms with Gasteiger partial charge in [0.05, 0.1) is 29.1 Å². The van der Waals surface area contributed by atoms with E-state index in [0.29, 0.717) is 13.0 Å². The van der Waals surface area contributed by atoms with Crippen molar-refractivity contribution in [1.29, 1.82) is 0 Å². The van der Waals surface area contributed by atoms with Gasteiger partial charge in [0, 0.05) is 24.5 Å². The number of halogens is 4. The summed E-state index contributed by atoms with van der Waals surface area (Å²) >= 11 is 5.96. The minimum Gasteiger partial charge on any atom is -0.356 e. The molecule has 1 aromatic carbocycles. The number of anilines is 1. The average molecular weight is 503 g/mol. The molecule has 4 N–H and O–H groups in total. The van der Waals surface area contributed by atoms with Crippen LogP contribution < -0.4 is 21.3 Å². The van der Waals surface area contributed by atoms with E-state index in [-0.39, 0.29) is 35.0 Å². The van der Waals surface area contributed by atoms with Crippen LogP contribution in [0.15, 0.2) is 18.2 Å². The molecule has 4 atom stereocenters. The summed E-state index contributed by atoms with van der Waals surface area (Å²) in [6.07, 6.45) is -4.58. The summed E-state index contributed by atoms with van der Waals surface area (Å²) in [7, 11) is 1.23. The van der Waals surface area contributed by atoms with E-state index in [9.17, 15) is 37.1 Å². The molecule has 1 aromatic rings. The van der Waals surface area contributed by atoms with Gasteiger partial charge >= 0.3 is 6.18 Å². The van der Waals surface area contributed by atoms with Crippen LogP contribution in [0.1, 0.15) is 29.6 Å². The van der Waals surface area contributed by atoms with Crippen molar-refractivity contribution in [2.24, 2.45) is 17.8 Å². The maximum absolute atomic E-state index is 13.0. The normalized spacial score (nSPS) is 22.4. The number of alkyl halides is 3. The van der Waals surface area contributed by atoms with Crippen LogP contribution in [0.5, 0.6) is 0 Å². The lowest BCUT2D eigenvalue weighted by atomic mass is 9.95. The van der Waals surface area contributed by atoms with Gasteiger partial charge < -0.3 is 21.3 Å². The fourth-order valence-corrected chi connectivity index (χ4v) is 3.96. The van der Waals surface area contributed by atoms with Gasteiger partial charge in [-0.25, -0.2) is 0 Å². The van der Waals surface area contributed by atoms with Gasteiger partial charge in [-0.05, 0) is 37.5 Å². The quantitative estimate of drug-likeness (QED) is 0.399. The molecule has 0 bridgehead atoms. The molecule has 3 unspecified atom stereocenters. The molecule has 1 aliphatic carbocycles. The van der Waals surface area contributed by atoms with Crippen LogP contribution in [-0.4, -0.2) is 55.2 Å². The molecule has 13 heteroatoms. The Labute approximate surface area is 197 Å². The molecule has 0 aromatic heterocycles. The van der Waals surface area contributed by atoms with Gasteiger partial charge in [-0.1, -0.05) is 11.6 Å². The summed E-state index contributed by atoms with van der Waals surface area (Å²) in [4.78, 5) is 61.7. The molecular formula is C21H22ClF3N4O5. The molecule has 9 nitrogen and oxygen atoms in total. The van der Waals surface area contributed by atoms with E-state index < -0.39 is 53.5 Å². The lowest BCUT2D eigenvalue weighted by molar-refractivity contribution is -0.153. The lowest BCUT2D eigenvalue weighted by Crippen LogP contribution is -2.48. The molecule has 0 spiro atoms. The minimum atomic E-state index is -4.50. The van der Waals surface area contributed by atoms with Gasteiger partial charge in [0.15, 0.2) is 0 Å². The summed E-state index contributed by atoms with van der Waals surface area (Å²) in [6, 6.07) is 2.39. The number of ketones is 1. The molecule has 2 aliphatic rings. The summed E-state index contributed by atoms with van der Waals surface area (Å²) in [5.74, 6) is -7.69. The first-order valence-corrected chi connectivity index (χ1v) is 10.8. The first kappa shape index (κ1) is 25.5. The van der Waals surface area contributed by atoms with E-state index in [0.717, 1.165) is 0 Å². The maximum Gasteiger partial charge on any atom is 0.392 e. The monoisotopic (exact) mass is 502 g/mol. The lowest BCUT2D eigenvalue weighted by Gasteiger charge is -2.20. The second-order valence-corrected chi connectivity index (χ2v) is 8.59. The third-order valence-corrected chi connectivity index (χ3v) is 6.02. The van der Waals surface area contributed by atoms with E-state index in [1.807, 2.05) is 0 Å². The van der Waals surface area contributed by atoms with Crippen LogP contribution in [0, 0.1) is 17.8 Å². The zero-order valence-electron chi connectivity index (χ0n) is 17.9. The molecule has 34 heavy (non-hydrogen) atoms. The molecule has 2 fully saturated rings. The summed E-state index contributed by atoms with van der Waals surface area (Å²) < 4.78 is 38.4. The first-order valence-electron chi connectivity index (χ1n) is 10.4. The van der Waals surface area contributed by atoms with Crippen LogP contribution in [0.4, 0.5) is 18.9 Å². The smallest absolute Gasteiger partial charge is 0.356 e. The Bertz CT molecular complexity index is 1030. The SMILES string of the molecule is CNC(=O)C(=O)C(C[C@@H]1CCNC1=O)NC(=O)c1cc(Cl)ccc1NC(=O)C1CC1C(F)(F)F. The Morgan fingerprint density at radius 3 is 2.50 bits per heavy atom. The van der Waals surface area contributed by atoms with Crippen molar-refractivity contribution in [2.45, 2.75) is 31.5 Å². The average Bonchev–Trinajstić information content (AvgIpc) is 3.51. The maximum atomic E-state index is 13.0. The Morgan fingerprint density at radius 2 is 1.94 bits per heavy atom. The Balaban J connectivity index is 1.79. The number of likely N-dealkylation sites (N-methyl/N-ethyl adjacent to an activating group) is 1. The third kappa shape index (κ3) is 5.85. The first-order chi connectivity index (χ1) is 15.9. The van der Waals surface area contributed by atoms with E-state index in [2.05, 4.69) is 21.3 Å². The Morgan fingerprint density at radius 1 is 1.24 bits per heavy atom. The zero-order valence-corrected chi connectivity index (χ0v) is 18.7. The van der Waals surface area contributed by atoms with Gasteiger partial charge in [-0.15, -0.1) is 0 Å². The van der Waals surface area contributed by atoms with Gasteiger partial charge in [-0.2, -0.15) is 13.2 Å². The van der Waals surface area contributed by atoms with Crippen molar-refractivity contribution < 1.29 is 37.1 Å². The van der Waals surface area contributed by atoms with Crippen molar-refractivity contribution in [2.75, 3.05) is 18.9 Å². The van der Waals surface area contributed by atoms with Crippen molar-refractivity contribution in [1.82, 2.24) is 16.0 Å². The second kappa shape index (κ2) is 10.00. The molecule has 0 radical (unpaired) electrons. The molecule has 4 amide bonds. The minimum absolute atomic E-state index is 0.0899. The van der Waals surface area contributed by atoms with Crippen LogP contribution in [0.25, 0.3) is 0 Å². The predicted octanol–water partition coefficient (Wildman–Crippen LogP) is 1.42. The summed E-state index contributed by atoms with van der Waals surface area (Å²) in [5.41, 5.74) is -0.319. The van der Waals surface area contributed by atoms with Crippen molar-refractivity contribution in [3.8, 4) is 0 Å². The molecule has 1 heterocycles. The fraction of sp³-hybridized carbons (Fsp3) is 0.476. The standard InChI is InChI=1S/C21H22ClF3N4O5/c1-26-20(34)16(30)15(6-9-4-5-27-17(9)31)29-19(33)12-7-10(22)2-3-14(12)28-18(32)11-8-13(11)21(23,24)25/h2-3,7,9,11,13,15H,4-6,8H2,1H3,(H,26,34)(H,27,31)(H,28,32)(H,29,33)/t9-,11?,13?,15?/m0/s1. The van der Waals surface area contributed by atoms with E-state index in [1.54, 1.807) is 0 Å². The van der Waals surface area contributed by atoms with E-state index >= 15 is 0 Å². The van der Waals surface area contributed by atoms with Gasteiger partial charge in [0.25, 0.3) is 11.8 Å². The van der Waals surface area contributed by atoms with Crippen LogP contribution in [0.2, 0.25) is 5.02 Å². The van der Waals surface area contributed by atoms with Crippen molar-refractivity contribution in [3.05, 3.63) is 28.8 Å². The number of rotatable bonds is 8. The summed E-state index contributed by atoms with van der Waals surface area (Å²) in [6.45, 7) is 0.392. The molecule has 3 rings (SSSR count). The van der Waals surface area contributed by atoms with Crippen LogP contribution in [-0.2, 0) is 19.2 Å². The largest absolute Gasteiger partial charge is 0.392 e. The highest BCUT2D eigenvalue weighted by Gasteiger charge is 2.58. The van der Waals surface area contributed by atoms with Gasteiger partial charge in [-0.3, -0.25) is 24.0 Å². The van der Waals surface area contributed by atoms with Crippen molar-refractivity contribution in [3.63, 3.8) is 0 Å². The number of hydrogen-bond donors (Lipinski definition) is 4. The van der Waals surface area contributed by atoms with E-state index in [1.165, 1.54) is 25.2 Å². The van der Waals surface area contributed by atoms with E-state index in [4.69, 9.17) is 11.6 Å². The van der Waals surface area contributed by atoms with Gasteiger partial charge in [0.1, 0.15) is 0 Å².